The van der Waals surface area contributed by atoms with Gasteiger partial charge in [0.2, 0.25) is 5.91 Å². The second-order valence-electron chi connectivity index (χ2n) is 5.50. The minimum atomic E-state index is -0.0573. The topological polar surface area (TPSA) is 70.2 Å². The van der Waals surface area contributed by atoms with Gasteiger partial charge in [-0.05, 0) is 55.6 Å². The summed E-state index contributed by atoms with van der Waals surface area (Å²) >= 11 is 0. The standard InChI is InChI=1S/C15H19N3O2/c19-14-8-12-7-11(1-2-13(12)18-14)15(20)17-6-4-10-3-5-16-9-10/h1-2,7,10,16H,3-6,8-9H2,(H,17,20)(H,18,19). The lowest BCUT2D eigenvalue weighted by Crippen LogP contribution is -2.26. The van der Waals surface area contributed by atoms with Gasteiger partial charge in [-0.3, -0.25) is 9.59 Å². The summed E-state index contributed by atoms with van der Waals surface area (Å²) < 4.78 is 0. The summed E-state index contributed by atoms with van der Waals surface area (Å²) in [6, 6.07) is 5.37. The average molecular weight is 273 g/mol. The van der Waals surface area contributed by atoms with Gasteiger partial charge in [-0.15, -0.1) is 0 Å². The van der Waals surface area contributed by atoms with Crippen LogP contribution >= 0.6 is 0 Å². The third kappa shape index (κ3) is 2.82. The number of fused-ring (bicyclic) bond motifs is 1. The molecule has 20 heavy (non-hydrogen) atoms. The molecule has 1 unspecified atom stereocenters. The number of nitrogens with one attached hydrogen (secondary N) is 3. The van der Waals surface area contributed by atoms with Crippen LogP contribution in [0.3, 0.4) is 0 Å². The van der Waals surface area contributed by atoms with E-state index in [1.165, 1.54) is 6.42 Å². The molecule has 5 nitrogen and oxygen atoms in total. The lowest BCUT2D eigenvalue weighted by atomic mass is 10.0. The molecule has 2 heterocycles. The molecule has 3 rings (SSSR count). The average Bonchev–Trinajstić information content (AvgIpc) is 3.05. The Bertz CT molecular complexity index is 536. The van der Waals surface area contributed by atoms with Crippen LogP contribution in [-0.4, -0.2) is 31.4 Å². The maximum atomic E-state index is 12.1. The molecular weight excluding hydrogens is 254 g/mol. The molecule has 0 aliphatic carbocycles. The summed E-state index contributed by atoms with van der Waals surface area (Å²) in [7, 11) is 0. The van der Waals surface area contributed by atoms with Gasteiger partial charge in [0.05, 0.1) is 6.42 Å². The lowest BCUT2D eigenvalue weighted by Gasteiger charge is -2.10. The van der Waals surface area contributed by atoms with E-state index in [4.69, 9.17) is 0 Å². The van der Waals surface area contributed by atoms with E-state index in [0.717, 1.165) is 30.8 Å². The number of benzene rings is 1. The van der Waals surface area contributed by atoms with E-state index in [9.17, 15) is 9.59 Å². The van der Waals surface area contributed by atoms with Crippen LogP contribution in [0.25, 0.3) is 0 Å². The second kappa shape index (κ2) is 5.63. The summed E-state index contributed by atoms with van der Waals surface area (Å²) in [5, 5.41) is 9.05. The molecule has 1 fully saturated rings. The number of carbonyl (C=O) groups excluding carboxylic acids is 2. The van der Waals surface area contributed by atoms with Crippen molar-refractivity contribution in [1.82, 2.24) is 10.6 Å². The van der Waals surface area contributed by atoms with Crippen LogP contribution in [0, 0.1) is 5.92 Å². The smallest absolute Gasteiger partial charge is 0.251 e. The highest BCUT2D eigenvalue weighted by molar-refractivity contribution is 6.01. The molecule has 106 valence electrons. The van der Waals surface area contributed by atoms with Gasteiger partial charge in [0.15, 0.2) is 0 Å². The fourth-order valence-electron chi connectivity index (χ4n) is 2.82. The number of anilines is 1. The number of carbonyl (C=O) groups is 2. The molecular formula is C15H19N3O2. The van der Waals surface area contributed by atoms with Gasteiger partial charge < -0.3 is 16.0 Å². The van der Waals surface area contributed by atoms with Gasteiger partial charge in [0.1, 0.15) is 0 Å². The summed E-state index contributed by atoms with van der Waals surface area (Å²) in [6.45, 7) is 2.85. The highest BCUT2D eigenvalue weighted by atomic mass is 16.2. The summed E-state index contributed by atoms with van der Waals surface area (Å²) in [4.78, 5) is 23.4. The third-order valence-corrected chi connectivity index (χ3v) is 3.99. The van der Waals surface area contributed by atoms with Crippen molar-refractivity contribution in [1.29, 1.82) is 0 Å². The molecule has 1 saturated heterocycles. The van der Waals surface area contributed by atoms with Gasteiger partial charge in [0, 0.05) is 17.8 Å². The first-order chi connectivity index (χ1) is 9.72. The van der Waals surface area contributed by atoms with E-state index in [-0.39, 0.29) is 11.8 Å². The van der Waals surface area contributed by atoms with Crippen LogP contribution in [0.4, 0.5) is 5.69 Å². The van der Waals surface area contributed by atoms with Crippen molar-refractivity contribution >= 4 is 17.5 Å². The summed E-state index contributed by atoms with van der Waals surface area (Å²) in [6.07, 6.45) is 2.58. The molecule has 3 N–H and O–H groups in total. The maximum absolute atomic E-state index is 12.1. The monoisotopic (exact) mass is 273 g/mol. The second-order valence-corrected chi connectivity index (χ2v) is 5.50. The quantitative estimate of drug-likeness (QED) is 0.763. The lowest BCUT2D eigenvalue weighted by molar-refractivity contribution is -0.115. The van der Waals surface area contributed by atoms with E-state index in [0.29, 0.717) is 24.4 Å². The first-order valence-corrected chi connectivity index (χ1v) is 7.14. The third-order valence-electron chi connectivity index (χ3n) is 3.99. The molecule has 0 bridgehead atoms. The fourth-order valence-corrected chi connectivity index (χ4v) is 2.82. The Morgan fingerprint density at radius 1 is 1.40 bits per heavy atom. The SMILES string of the molecule is O=C1Cc2cc(C(=O)NCCC3CCNC3)ccc2N1. The minimum absolute atomic E-state index is 0.00806. The normalized spacial score (nSPS) is 20.6. The van der Waals surface area contributed by atoms with Gasteiger partial charge >= 0.3 is 0 Å². The summed E-state index contributed by atoms with van der Waals surface area (Å²) in [5.74, 6) is 0.613. The number of hydrogen-bond donors (Lipinski definition) is 3. The van der Waals surface area contributed by atoms with E-state index in [1.807, 2.05) is 0 Å². The van der Waals surface area contributed by atoms with Crippen molar-refractivity contribution in [3.63, 3.8) is 0 Å². The zero-order valence-electron chi connectivity index (χ0n) is 11.4. The van der Waals surface area contributed by atoms with Crippen LogP contribution in [0.15, 0.2) is 18.2 Å². The van der Waals surface area contributed by atoms with Crippen molar-refractivity contribution < 1.29 is 9.59 Å². The van der Waals surface area contributed by atoms with Crippen molar-refractivity contribution in [2.45, 2.75) is 19.3 Å². The van der Waals surface area contributed by atoms with Gasteiger partial charge in [-0.25, -0.2) is 0 Å². The molecule has 0 aromatic heterocycles. The Hall–Kier alpha value is -1.88. The zero-order chi connectivity index (χ0) is 13.9. The number of amides is 2. The van der Waals surface area contributed by atoms with Gasteiger partial charge in [0.25, 0.3) is 5.91 Å². The molecule has 1 aromatic carbocycles. The zero-order valence-corrected chi connectivity index (χ0v) is 11.4. The van der Waals surface area contributed by atoms with Crippen molar-refractivity contribution in [2.75, 3.05) is 25.0 Å². The van der Waals surface area contributed by atoms with Crippen molar-refractivity contribution in [3.8, 4) is 0 Å². The number of hydrogen-bond acceptors (Lipinski definition) is 3. The Morgan fingerprint density at radius 3 is 3.10 bits per heavy atom. The van der Waals surface area contributed by atoms with Crippen LogP contribution in [-0.2, 0) is 11.2 Å². The molecule has 5 heteroatoms. The Labute approximate surface area is 118 Å². The maximum Gasteiger partial charge on any atom is 0.251 e. The fraction of sp³-hybridized carbons (Fsp3) is 0.467. The van der Waals surface area contributed by atoms with Crippen LogP contribution in [0.5, 0.6) is 0 Å². The van der Waals surface area contributed by atoms with E-state index >= 15 is 0 Å². The van der Waals surface area contributed by atoms with E-state index in [1.54, 1.807) is 18.2 Å². The van der Waals surface area contributed by atoms with Gasteiger partial charge in [-0.1, -0.05) is 0 Å². The highest BCUT2D eigenvalue weighted by Gasteiger charge is 2.19. The first kappa shape index (κ1) is 13.1. The molecule has 0 radical (unpaired) electrons. The predicted molar refractivity (Wildman–Crippen MR) is 76.7 cm³/mol. The molecule has 2 aliphatic heterocycles. The van der Waals surface area contributed by atoms with Crippen LogP contribution in [0.2, 0.25) is 0 Å². The van der Waals surface area contributed by atoms with Crippen molar-refractivity contribution in [3.05, 3.63) is 29.3 Å². The minimum Gasteiger partial charge on any atom is -0.352 e. The number of rotatable bonds is 4. The molecule has 2 amide bonds. The Kier molecular flexibility index (Phi) is 3.69. The van der Waals surface area contributed by atoms with E-state index in [2.05, 4.69) is 16.0 Å². The Balaban J connectivity index is 1.54. The molecule has 1 atom stereocenters. The van der Waals surface area contributed by atoms with Gasteiger partial charge in [-0.2, -0.15) is 0 Å². The molecule has 1 aromatic rings. The van der Waals surface area contributed by atoms with Crippen molar-refractivity contribution in [2.24, 2.45) is 5.92 Å². The summed E-state index contributed by atoms with van der Waals surface area (Å²) in [5.41, 5.74) is 2.36. The highest BCUT2D eigenvalue weighted by Crippen LogP contribution is 2.23. The molecule has 0 saturated carbocycles. The largest absolute Gasteiger partial charge is 0.352 e. The van der Waals surface area contributed by atoms with Crippen LogP contribution < -0.4 is 16.0 Å². The Morgan fingerprint density at radius 2 is 2.30 bits per heavy atom. The molecule has 2 aliphatic rings. The predicted octanol–water partition coefficient (Wildman–Crippen LogP) is 0.911. The first-order valence-electron chi connectivity index (χ1n) is 7.14. The molecule has 0 spiro atoms. The van der Waals surface area contributed by atoms with Crippen LogP contribution in [0.1, 0.15) is 28.8 Å². The van der Waals surface area contributed by atoms with E-state index < -0.39 is 0 Å².